The molecule has 0 spiro atoms. The summed E-state index contributed by atoms with van der Waals surface area (Å²) in [6.45, 7) is 2.63. The maximum Gasteiger partial charge on any atom is 0.236 e. The van der Waals surface area contributed by atoms with Gasteiger partial charge in [-0.05, 0) is 31.2 Å². The Kier molecular flexibility index (Phi) is 5.71. The minimum Gasteiger partial charge on any atom is -0.341 e. The Bertz CT molecular complexity index is 968. The largest absolute Gasteiger partial charge is 0.341 e. The Labute approximate surface area is 171 Å². The third-order valence-electron chi connectivity index (χ3n) is 5.53. The van der Waals surface area contributed by atoms with Crippen molar-refractivity contribution in [2.75, 3.05) is 26.7 Å². The summed E-state index contributed by atoms with van der Waals surface area (Å²) in [6.07, 6.45) is 5.25. The topological polar surface area (TPSA) is 54.3 Å². The van der Waals surface area contributed by atoms with Gasteiger partial charge in [0.05, 0.1) is 12.2 Å². The molecule has 0 N–H and O–H groups in total. The molecule has 150 valence electrons. The van der Waals surface area contributed by atoms with E-state index in [0.717, 1.165) is 49.3 Å². The van der Waals surface area contributed by atoms with Gasteiger partial charge >= 0.3 is 0 Å². The average molecular weight is 390 g/mol. The van der Waals surface area contributed by atoms with Gasteiger partial charge in [0, 0.05) is 62.3 Å². The molecule has 2 aromatic heterocycles. The van der Waals surface area contributed by atoms with Crippen molar-refractivity contribution in [1.29, 1.82) is 0 Å². The van der Waals surface area contributed by atoms with E-state index in [0.29, 0.717) is 6.54 Å². The summed E-state index contributed by atoms with van der Waals surface area (Å²) in [5, 5.41) is 4.77. The van der Waals surface area contributed by atoms with Gasteiger partial charge in [0.2, 0.25) is 5.91 Å². The van der Waals surface area contributed by atoms with E-state index in [1.54, 1.807) is 12.4 Å². The predicted octanol–water partition coefficient (Wildman–Crippen LogP) is 2.54. The Morgan fingerprint density at radius 2 is 1.79 bits per heavy atom. The summed E-state index contributed by atoms with van der Waals surface area (Å²) in [6, 6.07) is 14.3. The van der Waals surface area contributed by atoms with Gasteiger partial charge in [-0.25, -0.2) is 0 Å². The number of likely N-dealkylation sites (N-methyl/N-ethyl adjacent to an activating group) is 1. The van der Waals surface area contributed by atoms with Crippen molar-refractivity contribution >= 4 is 5.91 Å². The summed E-state index contributed by atoms with van der Waals surface area (Å²) in [7, 11) is 3.99. The van der Waals surface area contributed by atoms with Crippen LogP contribution >= 0.6 is 0 Å². The highest BCUT2D eigenvalue weighted by Gasteiger charge is 2.24. The van der Waals surface area contributed by atoms with Crippen molar-refractivity contribution in [2.24, 2.45) is 7.05 Å². The lowest BCUT2D eigenvalue weighted by molar-refractivity contribution is -0.132. The lowest BCUT2D eigenvalue weighted by Gasteiger charge is -2.24. The molecule has 0 atom stereocenters. The summed E-state index contributed by atoms with van der Waals surface area (Å²) in [5.41, 5.74) is 5.87. The van der Waals surface area contributed by atoms with Gasteiger partial charge in [-0.1, -0.05) is 30.3 Å². The molecule has 3 aromatic rings. The van der Waals surface area contributed by atoms with Gasteiger partial charge in [0.15, 0.2) is 0 Å². The zero-order valence-electron chi connectivity index (χ0n) is 17.1. The van der Waals surface area contributed by atoms with E-state index in [1.807, 2.05) is 54.0 Å². The summed E-state index contributed by atoms with van der Waals surface area (Å²) < 4.78 is 1.99. The first-order chi connectivity index (χ1) is 14.1. The number of benzene rings is 1. The van der Waals surface area contributed by atoms with Crippen LogP contribution in [0.1, 0.15) is 16.8 Å². The van der Waals surface area contributed by atoms with Crippen molar-refractivity contribution in [1.82, 2.24) is 24.6 Å². The van der Waals surface area contributed by atoms with Gasteiger partial charge in [-0.2, -0.15) is 5.10 Å². The number of amides is 1. The van der Waals surface area contributed by atoms with Crippen LogP contribution in [0.5, 0.6) is 0 Å². The first-order valence-electron chi connectivity index (χ1n) is 10.1. The van der Waals surface area contributed by atoms with Crippen LogP contribution in [0.4, 0.5) is 0 Å². The first-order valence-corrected chi connectivity index (χ1v) is 10.1. The van der Waals surface area contributed by atoms with Crippen molar-refractivity contribution in [3.8, 4) is 11.3 Å². The van der Waals surface area contributed by atoms with Crippen LogP contribution in [0.25, 0.3) is 11.3 Å². The SMILES string of the molecule is CN(CC(=O)N1CCc2c(-c3ccccc3)nn(C)c2CC1)Cc1ccncc1. The molecular formula is C23H27N5O. The molecule has 0 unspecified atom stereocenters. The minimum absolute atomic E-state index is 0.184. The van der Waals surface area contributed by atoms with Gasteiger partial charge in [0.25, 0.3) is 0 Å². The highest BCUT2D eigenvalue weighted by Crippen LogP contribution is 2.27. The smallest absolute Gasteiger partial charge is 0.236 e. The van der Waals surface area contributed by atoms with E-state index < -0.39 is 0 Å². The third-order valence-corrected chi connectivity index (χ3v) is 5.53. The second-order valence-corrected chi connectivity index (χ2v) is 7.67. The molecule has 29 heavy (non-hydrogen) atoms. The van der Waals surface area contributed by atoms with Crippen LogP contribution in [0.2, 0.25) is 0 Å². The van der Waals surface area contributed by atoms with Crippen molar-refractivity contribution < 1.29 is 4.79 Å². The number of hydrogen-bond acceptors (Lipinski definition) is 4. The number of nitrogens with zero attached hydrogens (tertiary/aromatic N) is 5. The molecule has 4 rings (SSSR count). The number of aromatic nitrogens is 3. The van der Waals surface area contributed by atoms with Gasteiger partial charge in [0.1, 0.15) is 0 Å². The molecule has 3 heterocycles. The second kappa shape index (κ2) is 8.57. The number of carbonyl (C=O) groups is 1. The monoisotopic (exact) mass is 389 g/mol. The molecule has 0 saturated carbocycles. The number of hydrogen-bond donors (Lipinski definition) is 0. The van der Waals surface area contributed by atoms with E-state index in [2.05, 4.69) is 22.0 Å². The van der Waals surface area contributed by atoms with E-state index in [9.17, 15) is 4.79 Å². The molecule has 0 aliphatic carbocycles. The Morgan fingerprint density at radius 1 is 1.07 bits per heavy atom. The number of aryl methyl sites for hydroxylation is 1. The van der Waals surface area contributed by atoms with Crippen LogP contribution in [0.3, 0.4) is 0 Å². The molecule has 1 aliphatic heterocycles. The maximum absolute atomic E-state index is 12.9. The summed E-state index contributed by atoms with van der Waals surface area (Å²) >= 11 is 0. The van der Waals surface area contributed by atoms with Crippen LogP contribution in [0.15, 0.2) is 54.9 Å². The molecule has 1 amide bonds. The van der Waals surface area contributed by atoms with Crippen LogP contribution < -0.4 is 0 Å². The third kappa shape index (κ3) is 4.38. The number of rotatable bonds is 5. The average Bonchev–Trinajstić information content (AvgIpc) is 2.90. The molecule has 0 bridgehead atoms. The summed E-state index contributed by atoms with van der Waals surface area (Å²) in [5.74, 6) is 0.184. The Hall–Kier alpha value is -2.99. The fourth-order valence-corrected chi connectivity index (χ4v) is 4.04. The van der Waals surface area contributed by atoms with Crippen molar-refractivity contribution in [2.45, 2.75) is 19.4 Å². The zero-order chi connectivity index (χ0) is 20.2. The van der Waals surface area contributed by atoms with Gasteiger partial charge in [-0.15, -0.1) is 0 Å². The van der Waals surface area contributed by atoms with Crippen molar-refractivity contribution in [3.63, 3.8) is 0 Å². The first kappa shape index (κ1) is 19.3. The molecule has 0 fully saturated rings. The van der Waals surface area contributed by atoms with Crippen LogP contribution in [-0.2, 0) is 31.2 Å². The van der Waals surface area contributed by atoms with E-state index >= 15 is 0 Å². The molecule has 0 radical (unpaired) electrons. The molecular weight excluding hydrogens is 362 g/mol. The highest BCUT2D eigenvalue weighted by atomic mass is 16.2. The van der Waals surface area contributed by atoms with E-state index in [1.165, 1.54) is 11.3 Å². The number of pyridine rings is 1. The fourth-order valence-electron chi connectivity index (χ4n) is 4.04. The quantitative estimate of drug-likeness (QED) is 0.673. The maximum atomic E-state index is 12.9. The molecule has 6 heteroatoms. The second-order valence-electron chi connectivity index (χ2n) is 7.67. The number of fused-ring (bicyclic) bond motifs is 1. The predicted molar refractivity (Wildman–Crippen MR) is 113 cm³/mol. The standard InChI is InChI=1S/C23H27N5O/c1-26(16-18-8-12-24-13-9-18)17-22(29)28-14-10-20-21(11-15-28)27(2)25-23(20)19-6-4-3-5-7-19/h3-9,12-13H,10-11,14-17H2,1-2H3. The highest BCUT2D eigenvalue weighted by molar-refractivity contribution is 5.78. The minimum atomic E-state index is 0.184. The molecule has 1 aromatic carbocycles. The fraction of sp³-hybridized carbons (Fsp3) is 0.348. The molecule has 1 aliphatic rings. The normalized spacial score (nSPS) is 14.0. The molecule has 6 nitrogen and oxygen atoms in total. The van der Waals surface area contributed by atoms with Gasteiger partial charge in [-0.3, -0.25) is 19.4 Å². The Balaban J connectivity index is 1.42. The Morgan fingerprint density at radius 3 is 2.55 bits per heavy atom. The van der Waals surface area contributed by atoms with E-state index in [-0.39, 0.29) is 5.91 Å². The zero-order valence-corrected chi connectivity index (χ0v) is 17.1. The van der Waals surface area contributed by atoms with Gasteiger partial charge < -0.3 is 4.90 Å². The van der Waals surface area contributed by atoms with E-state index in [4.69, 9.17) is 5.10 Å². The number of carbonyl (C=O) groups excluding carboxylic acids is 1. The lowest BCUT2D eigenvalue weighted by atomic mass is 10.0. The van der Waals surface area contributed by atoms with Crippen molar-refractivity contribution in [3.05, 3.63) is 71.7 Å². The van der Waals surface area contributed by atoms with Crippen LogP contribution in [0, 0.1) is 0 Å². The lowest BCUT2D eigenvalue weighted by Crippen LogP contribution is -2.40. The summed E-state index contributed by atoms with van der Waals surface area (Å²) in [4.78, 5) is 21.0. The van der Waals surface area contributed by atoms with Crippen LogP contribution in [-0.4, -0.2) is 57.2 Å². The molecule has 0 saturated heterocycles.